The van der Waals surface area contributed by atoms with Gasteiger partial charge in [0.1, 0.15) is 6.04 Å². The minimum absolute atomic E-state index is 0.355. The first-order valence-electron chi connectivity index (χ1n) is 8.38. The van der Waals surface area contributed by atoms with Crippen molar-refractivity contribution in [3.63, 3.8) is 0 Å². The fourth-order valence-electron chi connectivity index (χ4n) is 1.99. The second-order valence-corrected chi connectivity index (χ2v) is 5.85. The van der Waals surface area contributed by atoms with Gasteiger partial charge in [0, 0.05) is 6.42 Å². The van der Waals surface area contributed by atoms with E-state index in [1.807, 2.05) is 30.3 Å². The molecule has 11 heteroatoms. The molecule has 0 unspecified atom stereocenters. The normalized spacial score (nSPS) is 12.9. The first-order chi connectivity index (χ1) is 13.0. The molecule has 0 aliphatic carbocycles. The van der Waals surface area contributed by atoms with Gasteiger partial charge in [-0.05, 0) is 24.9 Å². The monoisotopic (exact) mass is 406 g/mol. The standard InChI is InChI=1S/C15H24N4O2.C2HF3O2/c16-9-5-4-8-12(17)15(21)19-13(14(18)20)10-11-6-2-1-3-7-11;3-2(4,5)1(6)7/h1-3,6-7,12-13H,4-5,8-10,16-17H2,(H2,18,20)(H,19,21);(H,6,7)/t12-,13-;/m0./s1. The second kappa shape index (κ2) is 12.7. The number of rotatable bonds is 9. The predicted octanol–water partition coefficient (Wildman–Crippen LogP) is 0.289. The molecule has 8 nitrogen and oxygen atoms in total. The maximum atomic E-state index is 12.0. The van der Waals surface area contributed by atoms with Gasteiger partial charge in [0.2, 0.25) is 11.8 Å². The number of carboxylic acid groups (broad SMARTS) is 1. The van der Waals surface area contributed by atoms with Gasteiger partial charge in [0.15, 0.2) is 0 Å². The minimum atomic E-state index is -5.08. The smallest absolute Gasteiger partial charge is 0.475 e. The van der Waals surface area contributed by atoms with Crippen LogP contribution in [0.2, 0.25) is 0 Å². The summed E-state index contributed by atoms with van der Waals surface area (Å²) in [6.45, 7) is 0.576. The number of unbranched alkanes of at least 4 members (excludes halogenated alkanes) is 1. The maximum Gasteiger partial charge on any atom is 0.490 e. The van der Waals surface area contributed by atoms with E-state index in [-0.39, 0.29) is 5.91 Å². The largest absolute Gasteiger partial charge is 0.490 e. The number of nitrogens with one attached hydrogen (secondary N) is 1. The molecule has 2 amide bonds. The fourth-order valence-corrected chi connectivity index (χ4v) is 1.99. The summed E-state index contributed by atoms with van der Waals surface area (Å²) in [7, 11) is 0. The summed E-state index contributed by atoms with van der Waals surface area (Å²) in [4.78, 5) is 32.3. The number of carbonyl (C=O) groups excluding carboxylic acids is 2. The number of benzene rings is 1. The van der Waals surface area contributed by atoms with Gasteiger partial charge in [-0.3, -0.25) is 9.59 Å². The highest BCUT2D eigenvalue weighted by molar-refractivity contribution is 5.89. The van der Waals surface area contributed by atoms with Crippen molar-refractivity contribution in [2.45, 2.75) is 43.9 Å². The summed E-state index contributed by atoms with van der Waals surface area (Å²) in [5.74, 6) is -3.68. The van der Waals surface area contributed by atoms with Gasteiger partial charge >= 0.3 is 12.1 Å². The minimum Gasteiger partial charge on any atom is -0.475 e. The van der Waals surface area contributed by atoms with Crippen LogP contribution in [0.5, 0.6) is 0 Å². The van der Waals surface area contributed by atoms with Crippen molar-refractivity contribution in [1.82, 2.24) is 5.32 Å². The number of hydrogen-bond acceptors (Lipinski definition) is 5. The van der Waals surface area contributed by atoms with Crippen molar-refractivity contribution in [3.8, 4) is 0 Å². The van der Waals surface area contributed by atoms with E-state index >= 15 is 0 Å². The second-order valence-electron chi connectivity index (χ2n) is 5.85. The summed E-state index contributed by atoms with van der Waals surface area (Å²) in [6.07, 6.45) is -2.58. The lowest BCUT2D eigenvalue weighted by Crippen LogP contribution is -2.51. The molecule has 1 aromatic rings. The van der Waals surface area contributed by atoms with Crippen LogP contribution in [-0.2, 0) is 20.8 Å². The van der Waals surface area contributed by atoms with Crippen molar-refractivity contribution in [3.05, 3.63) is 35.9 Å². The molecule has 0 aliphatic rings. The molecule has 1 rings (SSSR count). The van der Waals surface area contributed by atoms with Crippen molar-refractivity contribution >= 4 is 17.8 Å². The Labute approximate surface area is 160 Å². The van der Waals surface area contributed by atoms with Crippen LogP contribution in [-0.4, -0.2) is 47.7 Å². The van der Waals surface area contributed by atoms with Crippen molar-refractivity contribution in [2.75, 3.05) is 6.54 Å². The average molecular weight is 406 g/mol. The zero-order chi connectivity index (χ0) is 21.7. The average Bonchev–Trinajstić information content (AvgIpc) is 2.61. The molecular formula is C17H25F3N4O4. The van der Waals surface area contributed by atoms with Crippen molar-refractivity contribution < 1.29 is 32.7 Å². The molecule has 0 saturated heterocycles. The van der Waals surface area contributed by atoms with Crippen LogP contribution >= 0.6 is 0 Å². The topological polar surface area (TPSA) is 162 Å². The molecule has 8 N–H and O–H groups in total. The zero-order valence-electron chi connectivity index (χ0n) is 15.1. The Bertz CT molecular complexity index is 627. The molecule has 0 spiro atoms. The third kappa shape index (κ3) is 11.1. The lowest BCUT2D eigenvalue weighted by molar-refractivity contribution is -0.192. The Morgan fingerprint density at radius 3 is 2.07 bits per heavy atom. The number of aliphatic carboxylic acids is 1. The van der Waals surface area contributed by atoms with Crippen molar-refractivity contribution in [1.29, 1.82) is 0 Å². The third-order valence-corrected chi connectivity index (χ3v) is 3.49. The van der Waals surface area contributed by atoms with Gasteiger partial charge in [-0.25, -0.2) is 4.79 Å². The number of amides is 2. The van der Waals surface area contributed by atoms with E-state index < -0.39 is 30.1 Å². The number of nitrogens with two attached hydrogens (primary N) is 3. The maximum absolute atomic E-state index is 12.0. The van der Waals surface area contributed by atoms with Gasteiger partial charge in [0.25, 0.3) is 0 Å². The number of carboxylic acids is 1. The molecule has 0 fully saturated rings. The Kier molecular flexibility index (Phi) is 11.5. The van der Waals surface area contributed by atoms with E-state index in [0.29, 0.717) is 19.4 Å². The van der Waals surface area contributed by atoms with E-state index in [9.17, 15) is 22.8 Å². The van der Waals surface area contributed by atoms with E-state index in [4.69, 9.17) is 27.1 Å². The number of halogens is 3. The molecule has 0 bridgehead atoms. The summed E-state index contributed by atoms with van der Waals surface area (Å²) in [6, 6.07) is 7.98. The summed E-state index contributed by atoms with van der Waals surface area (Å²) in [5.41, 5.74) is 17.5. The highest BCUT2D eigenvalue weighted by atomic mass is 19.4. The molecule has 2 atom stereocenters. The van der Waals surface area contributed by atoms with Gasteiger partial charge in [-0.1, -0.05) is 36.8 Å². The summed E-state index contributed by atoms with van der Waals surface area (Å²) >= 11 is 0. The van der Waals surface area contributed by atoms with E-state index in [1.54, 1.807) is 0 Å². The highest BCUT2D eigenvalue weighted by Gasteiger charge is 2.38. The first kappa shape index (κ1) is 25.3. The molecule has 0 heterocycles. The molecule has 0 saturated carbocycles. The molecule has 0 aliphatic heterocycles. The molecule has 0 radical (unpaired) electrons. The van der Waals surface area contributed by atoms with E-state index in [2.05, 4.69) is 5.32 Å². The summed E-state index contributed by atoms with van der Waals surface area (Å²) in [5, 5.41) is 9.75. The highest BCUT2D eigenvalue weighted by Crippen LogP contribution is 2.13. The third-order valence-electron chi connectivity index (χ3n) is 3.49. The summed E-state index contributed by atoms with van der Waals surface area (Å²) < 4.78 is 31.7. The lowest BCUT2D eigenvalue weighted by atomic mass is 10.0. The van der Waals surface area contributed by atoms with Crippen LogP contribution in [0.25, 0.3) is 0 Å². The Hall–Kier alpha value is -2.66. The van der Waals surface area contributed by atoms with Crippen LogP contribution in [0.1, 0.15) is 24.8 Å². The van der Waals surface area contributed by atoms with E-state index in [0.717, 1.165) is 18.4 Å². The quantitative estimate of drug-likeness (QED) is 0.370. The van der Waals surface area contributed by atoms with Gasteiger partial charge in [-0.2, -0.15) is 13.2 Å². The number of hydrogen-bond donors (Lipinski definition) is 5. The first-order valence-corrected chi connectivity index (χ1v) is 8.38. The molecule has 158 valence electrons. The van der Waals surface area contributed by atoms with Crippen LogP contribution in [0, 0.1) is 0 Å². The molecular weight excluding hydrogens is 381 g/mol. The van der Waals surface area contributed by atoms with E-state index in [1.165, 1.54) is 0 Å². The molecule has 28 heavy (non-hydrogen) atoms. The van der Waals surface area contributed by atoms with Gasteiger partial charge in [-0.15, -0.1) is 0 Å². The van der Waals surface area contributed by atoms with Gasteiger partial charge in [0.05, 0.1) is 6.04 Å². The molecule has 1 aromatic carbocycles. The Balaban J connectivity index is 0.000000887. The predicted molar refractivity (Wildman–Crippen MR) is 95.8 cm³/mol. The lowest BCUT2D eigenvalue weighted by Gasteiger charge is -2.18. The molecule has 0 aromatic heterocycles. The Morgan fingerprint density at radius 2 is 1.64 bits per heavy atom. The Morgan fingerprint density at radius 1 is 1.11 bits per heavy atom. The number of primary amides is 1. The SMILES string of the molecule is NCCCC[C@H](N)C(=O)N[C@@H](Cc1ccccc1)C(N)=O.O=C(O)C(F)(F)F. The van der Waals surface area contributed by atoms with Crippen molar-refractivity contribution in [2.24, 2.45) is 17.2 Å². The van der Waals surface area contributed by atoms with Crippen LogP contribution < -0.4 is 22.5 Å². The zero-order valence-corrected chi connectivity index (χ0v) is 15.1. The number of carbonyl (C=O) groups is 3. The van der Waals surface area contributed by atoms with Crippen LogP contribution in [0.15, 0.2) is 30.3 Å². The van der Waals surface area contributed by atoms with Crippen LogP contribution in [0.4, 0.5) is 13.2 Å². The fraction of sp³-hybridized carbons (Fsp3) is 0.471. The van der Waals surface area contributed by atoms with Gasteiger partial charge < -0.3 is 27.6 Å². The number of alkyl halides is 3. The van der Waals surface area contributed by atoms with Crippen LogP contribution in [0.3, 0.4) is 0 Å².